The van der Waals surface area contributed by atoms with Gasteiger partial charge in [-0.2, -0.15) is 0 Å². The van der Waals surface area contributed by atoms with Crippen LogP contribution in [0.2, 0.25) is 0 Å². The monoisotopic (exact) mass is 277 g/mol. The van der Waals surface area contributed by atoms with E-state index in [1.54, 1.807) is 30.1 Å². The van der Waals surface area contributed by atoms with Gasteiger partial charge in [-0.25, -0.2) is 4.79 Å². The number of likely N-dealkylation sites (N-methyl/N-ethyl adjacent to an activating group) is 1. The van der Waals surface area contributed by atoms with Crippen LogP contribution in [-0.2, 0) is 9.53 Å². The molecule has 20 heavy (non-hydrogen) atoms. The smallest absolute Gasteiger partial charge is 0.337 e. The molecule has 0 heterocycles. The molecule has 1 aliphatic carbocycles. The highest BCUT2D eigenvalue weighted by atomic mass is 16.5. The van der Waals surface area contributed by atoms with Gasteiger partial charge in [-0.1, -0.05) is 0 Å². The third kappa shape index (κ3) is 3.40. The van der Waals surface area contributed by atoms with Crippen LogP contribution in [0.3, 0.4) is 0 Å². The fourth-order valence-electron chi connectivity index (χ4n) is 1.92. The van der Waals surface area contributed by atoms with Crippen LogP contribution in [0.25, 0.3) is 0 Å². The number of carbonyl (C=O) groups excluding carboxylic acids is 2. The summed E-state index contributed by atoms with van der Waals surface area (Å²) in [6.07, 6.45) is 2.10. The average Bonchev–Trinajstić information content (AvgIpc) is 3.21. The molecule has 0 bridgehead atoms. The van der Waals surface area contributed by atoms with Crippen LogP contribution in [0.4, 0.5) is 11.4 Å². The standard InChI is InChI=1S/C14H19N3O3/c1-17(8-13(18)16-10-4-5-10)12-7-9(14(19)20-2)3-6-11(12)15/h3,6-7,10H,4-5,8,15H2,1-2H3,(H,16,18). The SMILES string of the molecule is COC(=O)c1ccc(N)c(N(C)CC(=O)NC2CC2)c1. The number of anilines is 2. The second-order valence-electron chi connectivity index (χ2n) is 4.96. The molecule has 0 spiro atoms. The lowest BCUT2D eigenvalue weighted by molar-refractivity contribution is -0.119. The van der Waals surface area contributed by atoms with E-state index in [0.717, 1.165) is 12.8 Å². The van der Waals surface area contributed by atoms with E-state index >= 15 is 0 Å². The molecule has 1 aliphatic rings. The van der Waals surface area contributed by atoms with Crippen molar-refractivity contribution in [3.05, 3.63) is 23.8 Å². The van der Waals surface area contributed by atoms with Crippen molar-refractivity contribution >= 4 is 23.3 Å². The maximum absolute atomic E-state index is 11.8. The molecule has 0 atom stereocenters. The normalized spacial score (nSPS) is 13.7. The minimum atomic E-state index is -0.429. The van der Waals surface area contributed by atoms with Crippen molar-refractivity contribution in [2.75, 3.05) is 31.3 Å². The Bertz CT molecular complexity index is 526. The molecule has 2 rings (SSSR count). The van der Waals surface area contributed by atoms with E-state index in [9.17, 15) is 9.59 Å². The van der Waals surface area contributed by atoms with Gasteiger partial charge in [-0.05, 0) is 31.0 Å². The summed E-state index contributed by atoms with van der Waals surface area (Å²) in [5.41, 5.74) is 7.46. The lowest BCUT2D eigenvalue weighted by atomic mass is 10.1. The molecule has 1 saturated carbocycles. The van der Waals surface area contributed by atoms with Crippen LogP contribution < -0.4 is 16.0 Å². The number of esters is 1. The Hall–Kier alpha value is -2.24. The first kappa shape index (κ1) is 14.2. The lowest BCUT2D eigenvalue weighted by Gasteiger charge is -2.21. The largest absolute Gasteiger partial charge is 0.465 e. The van der Waals surface area contributed by atoms with Crippen molar-refractivity contribution in [2.45, 2.75) is 18.9 Å². The van der Waals surface area contributed by atoms with E-state index in [0.29, 0.717) is 23.0 Å². The number of methoxy groups -OCH3 is 1. The van der Waals surface area contributed by atoms with Gasteiger partial charge in [-0.3, -0.25) is 4.79 Å². The quantitative estimate of drug-likeness (QED) is 0.613. The first-order valence-electron chi connectivity index (χ1n) is 6.49. The summed E-state index contributed by atoms with van der Waals surface area (Å²) < 4.78 is 4.68. The average molecular weight is 277 g/mol. The van der Waals surface area contributed by atoms with Crippen molar-refractivity contribution in [3.8, 4) is 0 Å². The summed E-state index contributed by atoms with van der Waals surface area (Å²) in [6, 6.07) is 5.19. The fourth-order valence-corrected chi connectivity index (χ4v) is 1.92. The number of hydrogen-bond acceptors (Lipinski definition) is 5. The summed E-state index contributed by atoms with van der Waals surface area (Å²) in [5, 5.41) is 2.91. The fraction of sp³-hybridized carbons (Fsp3) is 0.429. The molecule has 1 amide bonds. The van der Waals surface area contributed by atoms with Crippen LogP contribution in [-0.4, -0.2) is 38.6 Å². The number of benzene rings is 1. The van der Waals surface area contributed by atoms with Gasteiger partial charge < -0.3 is 20.7 Å². The van der Waals surface area contributed by atoms with Crippen LogP contribution in [0.1, 0.15) is 23.2 Å². The van der Waals surface area contributed by atoms with Gasteiger partial charge in [-0.15, -0.1) is 0 Å². The van der Waals surface area contributed by atoms with Gasteiger partial charge in [0.1, 0.15) is 0 Å². The molecule has 1 fully saturated rings. The number of rotatable bonds is 5. The molecular weight excluding hydrogens is 258 g/mol. The summed E-state index contributed by atoms with van der Waals surface area (Å²) in [4.78, 5) is 25.0. The molecule has 0 aliphatic heterocycles. The van der Waals surface area contributed by atoms with E-state index in [4.69, 9.17) is 5.73 Å². The molecule has 1 aromatic carbocycles. The molecule has 6 heteroatoms. The van der Waals surface area contributed by atoms with E-state index < -0.39 is 5.97 Å². The highest BCUT2D eigenvalue weighted by Gasteiger charge is 2.24. The minimum Gasteiger partial charge on any atom is -0.465 e. The third-order valence-corrected chi connectivity index (χ3v) is 3.19. The molecule has 0 saturated heterocycles. The molecule has 1 aromatic rings. The second kappa shape index (κ2) is 5.81. The first-order valence-corrected chi connectivity index (χ1v) is 6.49. The summed E-state index contributed by atoms with van der Waals surface area (Å²) in [7, 11) is 3.09. The predicted octanol–water partition coefficient (Wildman–Crippen LogP) is 0.770. The van der Waals surface area contributed by atoms with E-state index in [1.807, 2.05) is 0 Å². The van der Waals surface area contributed by atoms with Crippen molar-refractivity contribution in [1.29, 1.82) is 0 Å². The Morgan fingerprint density at radius 1 is 1.45 bits per heavy atom. The Morgan fingerprint density at radius 2 is 2.15 bits per heavy atom. The molecule has 0 radical (unpaired) electrons. The van der Waals surface area contributed by atoms with Crippen LogP contribution in [0, 0.1) is 0 Å². The molecule has 0 unspecified atom stereocenters. The molecule has 3 N–H and O–H groups in total. The minimum absolute atomic E-state index is 0.0436. The lowest BCUT2D eigenvalue weighted by Crippen LogP contribution is -2.36. The zero-order chi connectivity index (χ0) is 14.7. The highest BCUT2D eigenvalue weighted by Crippen LogP contribution is 2.24. The highest BCUT2D eigenvalue weighted by molar-refractivity contribution is 5.92. The number of carbonyl (C=O) groups is 2. The van der Waals surface area contributed by atoms with Gasteiger partial charge in [0.15, 0.2) is 0 Å². The summed E-state index contributed by atoms with van der Waals surface area (Å²) >= 11 is 0. The Labute approximate surface area is 117 Å². The Balaban J connectivity index is 2.08. The second-order valence-corrected chi connectivity index (χ2v) is 4.96. The third-order valence-electron chi connectivity index (χ3n) is 3.19. The van der Waals surface area contributed by atoms with Gasteiger partial charge in [0.25, 0.3) is 0 Å². The van der Waals surface area contributed by atoms with Crippen molar-refractivity contribution in [3.63, 3.8) is 0 Å². The molecular formula is C14H19N3O3. The van der Waals surface area contributed by atoms with Crippen molar-refractivity contribution in [2.24, 2.45) is 0 Å². The van der Waals surface area contributed by atoms with Crippen molar-refractivity contribution in [1.82, 2.24) is 5.32 Å². The number of nitrogens with one attached hydrogen (secondary N) is 1. The van der Waals surface area contributed by atoms with Crippen LogP contribution in [0.15, 0.2) is 18.2 Å². The topological polar surface area (TPSA) is 84.7 Å². The number of nitrogen functional groups attached to an aromatic ring is 1. The summed E-state index contributed by atoms with van der Waals surface area (Å²) in [6.45, 7) is 0.200. The Kier molecular flexibility index (Phi) is 4.12. The maximum atomic E-state index is 11.8. The number of nitrogens with zero attached hydrogens (tertiary/aromatic N) is 1. The van der Waals surface area contributed by atoms with Crippen LogP contribution >= 0.6 is 0 Å². The molecule has 0 aromatic heterocycles. The van der Waals surface area contributed by atoms with Crippen LogP contribution in [0.5, 0.6) is 0 Å². The van der Waals surface area contributed by atoms with Gasteiger partial charge in [0, 0.05) is 13.1 Å². The van der Waals surface area contributed by atoms with E-state index in [-0.39, 0.29) is 12.5 Å². The van der Waals surface area contributed by atoms with Gasteiger partial charge in [0.2, 0.25) is 5.91 Å². The Morgan fingerprint density at radius 3 is 2.75 bits per heavy atom. The van der Waals surface area contributed by atoms with E-state index in [2.05, 4.69) is 10.1 Å². The number of nitrogens with two attached hydrogens (primary N) is 1. The van der Waals surface area contributed by atoms with Gasteiger partial charge in [0.05, 0.1) is 30.6 Å². The molecule has 6 nitrogen and oxygen atoms in total. The van der Waals surface area contributed by atoms with Crippen molar-refractivity contribution < 1.29 is 14.3 Å². The zero-order valence-corrected chi connectivity index (χ0v) is 11.7. The maximum Gasteiger partial charge on any atom is 0.337 e. The number of amides is 1. The summed E-state index contributed by atoms with van der Waals surface area (Å²) in [5.74, 6) is -0.472. The number of ether oxygens (including phenoxy) is 1. The predicted molar refractivity (Wildman–Crippen MR) is 76.6 cm³/mol. The van der Waals surface area contributed by atoms with E-state index in [1.165, 1.54) is 7.11 Å². The zero-order valence-electron chi connectivity index (χ0n) is 11.7. The van der Waals surface area contributed by atoms with Gasteiger partial charge >= 0.3 is 5.97 Å². The molecule has 108 valence electrons. The first-order chi connectivity index (χ1) is 9.51. The number of hydrogen-bond donors (Lipinski definition) is 2.